The average Bonchev–Trinajstić information content (AvgIpc) is 2.79. The van der Waals surface area contributed by atoms with Crippen molar-refractivity contribution in [2.75, 3.05) is 27.2 Å². The van der Waals surface area contributed by atoms with E-state index in [0.29, 0.717) is 13.0 Å². The molecule has 2 aromatic rings. The number of nitrogens with one attached hydrogen (secondary N) is 2. The molecule has 0 atom stereocenters. The smallest absolute Gasteiger partial charge is 0.224 e. The summed E-state index contributed by atoms with van der Waals surface area (Å²) in [6.45, 7) is 5.96. The second-order valence-electron chi connectivity index (χ2n) is 6.72. The third kappa shape index (κ3) is 4.33. The number of hydrogen-bond acceptors (Lipinski definition) is 2. The van der Waals surface area contributed by atoms with Crippen molar-refractivity contribution in [1.82, 2.24) is 15.2 Å². The summed E-state index contributed by atoms with van der Waals surface area (Å²) in [5.41, 5.74) is 2.20. The van der Waals surface area contributed by atoms with Crippen molar-refractivity contribution in [3.63, 3.8) is 0 Å². The molecule has 0 spiro atoms. The first kappa shape index (κ1) is 15.6. The lowest BCUT2D eigenvalue weighted by Gasteiger charge is -2.28. The molecular formula is C17H25N3O. The number of rotatable bonds is 6. The van der Waals surface area contributed by atoms with Crippen molar-refractivity contribution in [3.05, 3.63) is 36.0 Å². The Labute approximate surface area is 126 Å². The van der Waals surface area contributed by atoms with Crippen LogP contribution in [0.25, 0.3) is 10.9 Å². The molecule has 4 nitrogen and oxygen atoms in total. The Morgan fingerprint density at radius 3 is 2.71 bits per heavy atom. The van der Waals surface area contributed by atoms with E-state index in [-0.39, 0.29) is 11.3 Å². The second kappa shape index (κ2) is 6.31. The molecule has 1 heterocycles. The Morgan fingerprint density at radius 2 is 2.00 bits per heavy atom. The molecule has 2 N–H and O–H groups in total. The highest BCUT2D eigenvalue weighted by Crippen LogP contribution is 2.18. The number of aromatic nitrogens is 1. The molecule has 2 rings (SSSR count). The summed E-state index contributed by atoms with van der Waals surface area (Å²) in [5, 5.41) is 4.18. The van der Waals surface area contributed by atoms with E-state index >= 15 is 0 Å². The number of carbonyl (C=O) groups excluding carboxylic acids is 1. The number of amides is 1. The van der Waals surface area contributed by atoms with Crippen LogP contribution in [0.15, 0.2) is 30.5 Å². The van der Waals surface area contributed by atoms with Gasteiger partial charge in [0, 0.05) is 30.2 Å². The van der Waals surface area contributed by atoms with Crippen LogP contribution >= 0.6 is 0 Å². The minimum absolute atomic E-state index is 0.0688. The van der Waals surface area contributed by atoms with Crippen LogP contribution in [0.2, 0.25) is 0 Å². The minimum Gasteiger partial charge on any atom is -0.361 e. The zero-order valence-electron chi connectivity index (χ0n) is 13.4. The highest BCUT2D eigenvalue weighted by molar-refractivity contribution is 5.88. The molecule has 0 unspecified atom stereocenters. The van der Waals surface area contributed by atoms with Crippen molar-refractivity contribution in [3.8, 4) is 0 Å². The molecule has 0 bridgehead atoms. The Balaban J connectivity index is 1.93. The monoisotopic (exact) mass is 287 g/mol. The quantitative estimate of drug-likeness (QED) is 0.857. The van der Waals surface area contributed by atoms with E-state index in [1.165, 1.54) is 0 Å². The van der Waals surface area contributed by atoms with Crippen LogP contribution in [-0.2, 0) is 11.2 Å². The van der Waals surface area contributed by atoms with E-state index in [9.17, 15) is 4.79 Å². The van der Waals surface area contributed by atoms with Crippen molar-refractivity contribution in [1.29, 1.82) is 0 Å². The second-order valence-corrected chi connectivity index (χ2v) is 6.72. The maximum absolute atomic E-state index is 12.1. The van der Waals surface area contributed by atoms with Crippen LogP contribution in [0.4, 0.5) is 0 Å². The first-order valence-electron chi connectivity index (χ1n) is 7.34. The lowest BCUT2D eigenvalue weighted by atomic mass is 9.93. The fourth-order valence-electron chi connectivity index (χ4n) is 2.76. The number of nitrogens with zero attached hydrogens (tertiary/aromatic N) is 1. The molecule has 1 aromatic carbocycles. The summed E-state index contributed by atoms with van der Waals surface area (Å²) >= 11 is 0. The molecule has 0 radical (unpaired) electrons. The standard InChI is InChI=1S/C17H25N3O/c1-17(2,12-20(3)4)11-19-16(21)9-13-10-18-15-8-6-5-7-14(13)15/h5-8,10,18H,9,11-12H2,1-4H3,(H,19,21). The molecular weight excluding hydrogens is 262 g/mol. The van der Waals surface area contributed by atoms with E-state index < -0.39 is 0 Å². The summed E-state index contributed by atoms with van der Waals surface area (Å²) in [7, 11) is 4.10. The number of fused-ring (bicyclic) bond motifs is 1. The topological polar surface area (TPSA) is 48.1 Å². The van der Waals surface area contributed by atoms with Crippen LogP contribution in [0.5, 0.6) is 0 Å². The maximum atomic E-state index is 12.1. The van der Waals surface area contributed by atoms with Gasteiger partial charge in [0.25, 0.3) is 0 Å². The van der Waals surface area contributed by atoms with Crippen molar-refractivity contribution in [2.24, 2.45) is 5.41 Å². The van der Waals surface area contributed by atoms with Gasteiger partial charge in [-0.05, 0) is 31.1 Å². The van der Waals surface area contributed by atoms with Crippen LogP contribution in [-0.4, -0.2) is 43.0 Å². The van der Waals surface area contributed by atoms with Gasteiger partial charge in [0.1, 0.15) is 0 Å². The van der Waals surface area contributed by atoms with Crippen LogP contribution in [0.1, 0.15) is 19.4 Å². The SMILES string of the molecule is CN(C)CC(C)(C)CNC(=O)Cc1c[nH]c2ccccc12. The van der Waals surface area contributed by atoms with E-state index in [1.54, 1.807) is 0 Å². The third-order valence-electron chi connectivity index (χ3n) is 3.53. The highest BCUT2D eigenvalue weighted by Gasteiger charge is 2.20. The maximum Gasteiger partial charge on any atom is 0.224 e. The molecule has 0 aliphatic rings. The van der Waals surface area contributed by atoms with Gasteiger partial charge in [-0.2, -0.15) is 0 Å². The van der Waals surface area contributed by atoms with Crippen molar-refractivity contribution >= 4 is 16.8 Å². The Morgan fingerprint density at radius 1 is 1.29 bits per heavy atom. The van der Waals surface area contributed by atoms with Gasteiger partial charge in [-0.3, -0.25) is 4.79 Å². The number of benzene rings is 1. The van der Waals surface area contributed by atoms with E-state index in [0.717, 1.165) is 23.0 Å². The number of para-hydroxylation sites is 1. The minimum atomic E-state index is 0.0688. The van der Waals surface area contributed by atoms with E-state index in [1.807, 2.05) is 30.5 Å². The average molecular weight is 287 g/mol. The molecule has 1 aromatic heterocycles. The number of carbonyl (C=O) groups is 1. The van der Waals surface area contributed by atoms with Gasteiger partial charge in [-0.15, -0.1) is 0 Å². The summed E-state index contributed by atoms with van der Waals surface area (Å²) in [6.07, 6.45) is 2.34. The molecule has 0 saturated carbocycles. The summed E-state index contributed by atoms with van der Waals surface area (Å²) < 4.78 is 0. The number of H-pyrrole nitrogens is 1. The van der Waals surface area contributed by atoms with Gasteiger partial charge in [-0.1, -0.05) is 32.0 Å². The van der Waals surface area contributed by atoms with Gasteiger partial charge in [-0.25, -0.2) is 0 Å². The lowest BCUT2D eigenvalue weighted by molar-refractivity contribution is -0.120. The predicted molar refractivity (Wildman–Crippen MR) is 87.3 cm³/mol. The molecule has 0 fully saturated rings. The molecule has 114 valence electrons. The summed E-state index contributed by atoms with van der Waals surface area (Å²) in [5.74, 6) is 0.0755. The zero-order valence-corrected chi connectivity index (χ0v) is 13.4. The van der Waals surface area contributed by atoms with E-state index in [2.05, 4.69) is 43.1 Å². The fourth-order valence-corrected chi connectivity index (χ4v) is 2.76. The molecule has 1 amide bonds. The molecule has 0 aliphatic carbocycles. The fraction of sp³-hybridized carbons (Fsp3) is 0.471. The largest absolute Gasteiger partial charge is 0.361 e. The van der Waals surface area contributed by atoms with Crippen molar-refractivity contribution in [2.45, 2.75) is 20.3 Å². The molecule has 0 aliphatic heterocycles. The van der Waals surface area contributed by atoms with Gasteiger partial charge in [0.2, 0.25) is 5.91 Å². The van der Waals surface area contributed by atoms with Crippen LogP contribution < -0.4 is 5.32 Å². The Bertz CT molecular complexity index is 613. The summed E-state index contributed by atoms with van der Waals surface area (Å²) in [4.78, 5) is 17.5. The molecule has 4 heteroatoms. The van der Waals surface area contributed by atoms with Gasteiger partial charge in [0.05, 0.1) is 6.42 Å². The van der Waals surface area contributed by atoms with Crippen molar-refractivity contribution < 1.29 is 4.79 Å². The predicted octanol–water partition coefficient (Wildman–Crippen LogP) is 2.41. The number of hydrogen-bond donors (Lipinski definition) is 2. The lowest BCUT2D eigenvalue weighted by Crippen LogP contribution is -2.40. The Hall–Kier alpha value is -1.81. The highest BCUT2D eigenvalue weighted by atomic mass is 16.1. The normalized spacial score (nSPS) is 12.0. The first-order valence-corrected chi connectivity index (χ1v) is 7.34. The van der Waals surface area contributed by atoms with Crippen LogP contribution in [0.3, 0.4) is 0 Å². The number of aromatic amines is 1. The first-order chi connectivity index (χ1) is 9.87. The van der Waals surface area contributed by atoms with Gasteiger partial charge < -0.3 is 15.2 Å². The van der Waals surface area contributed by atoms with Gasteiger partial charge >= 0.3 is 0 Å². The summed E-state index contributed by atoms with van der Waals surface area (Å²) in [6, 6.07) is 8.06. The van der Waals surface area contributed by atoms with Crippen LogP contribution in [0, 0.1) is 5.41 Å². The third-order valence-corrected chi connectivity index (χ3v) is 3.53. The van der Waals surface area contributed by atoms with E-state index in [4.69, 9.17) is 0 Å². The van der Waals surface area contributed by atoms with Gasteiger partial charge in [0.15, 0.2) is 0 Å². The Kier molecular flexibility index (Phi) is 4.68. The molecule has 21 heavy (non-hydrogen) atoms. The molecule has 0 saturated heterocycles. The zero-order chi connectivity index (χ0) is 15.5.